The normalized spacial score (nSPS) is 11.8. The lowest BCUT2D eigenvalue weighted by atomic mass is 10.3. The number of aliphatic hydroxyl groups is 1. The summed E-state index contributed by atoms with van der Waals surface area (Å²) in [5.41, 5.74) is 0.202. The Morgan fingerprint density at radius 2 is 2.35 bits per heavy atom. The fourth-order valence-electron chi connectivity index (χ4n) is 0.974. The summed E-state index contributed by atoms with van der Waals surface area (Å²) in [7, 11) is 0. The van der Waals surface area contributed by atoms with E-state index < -0.39 is 5.97 Å². The summed E-state index contributed by atoms with van der Waals surface area (Å²) in [6.45, 7) is 1.85. The van der Waals surface area contributed by atoms with E-state index in [1.54, 1.807) is 31.2 Å². The Bertz CT molecular complexity index is 458. The van der Waals surface area contributed by atoms with E-state index in [2.05, 4.69) is 15.0 Å². The minimum atomic E-state index is -0.735. The summed E-state index contributed by atoms with van der Waals surface area (Å²) < 4.78 is 4.66. The van der Waals surface area contributed by atoms with Gasteiger partial charge >= 0.3 is 5.97 Å². The van der Waals surface area contributed by atoms with E-state index in [0.29, 0.717) is 17.0 Å². The molecule has 0 heterocycles. The number of esters is 1. The zero-order valence-corrected chi connectivity index (χ0v) is 9.89. The lowest BCUT2D eigenvalue weighted by molar-refractivity contribution is -0.138. The molecule has 90 valence electrons. The number of carbonyl (C=O) groups is 1. The van der Waals surface area contributed by atoms with Gasteiger partial charge in [-0.1, -0.05) is 17.7 Å². The molecule has 0 unspecified atom stereocenters. The number of rotatable bonds is 4. The van der Waals surface area contributed by atoms with E-state index in [-0.39, 0.29) is 12.3 Å². The SMILES string of the molecule is CCOC(=O)C(=CO)N=Nc1cccc(Cl)c1. The average molecular weight is 255 g/mol. The molecule has 1 aromatic rings. The molecule has 0 aliphatic carbocycles. The van der Waals surface area contributed by atoms with Crippen molar-refractivity contribution in [1.82, 2.24) is 0 Å². The molecule has 5 nitrogen and oxygen atoms in total. The van der Waals surface area contributed by atoms with Crippen LogP contribution >= 0.6 is 11.6 Å². The third kappa shape index (κ3) is 4.24. The fourth-order valence-corrected chi connectivity index (χ4v) is 1.16. The highest BCUT2D eigenvalue weighted by Crippen LogP contribution is 2.19. The smallest absolute Gasteiger partial charge is 0.362 e. The predicted octanol–water partition coefficient (Wildman–Crippen LogP) is 3.39. The number of halogens is 1. The summed E-state index contributed by atoms with van der Waals surface area (Å²) in [5, 5.41) is 16.6. The van der Waals surface area contributed by atoms with Crippen LogP contribution < -0.4 is 0 Å². The largest absolute Gasteiger partial charge is 0.513 e. The first-order valence-corrected chi connectivity index (χ1v) is 5.24. The molecular weight excluding hydrogens is 244 g/mol. The van der Waals surface area contributed by atoms with Gasteiger partial charge < -0.3 is 9.84 Å². The van der Waals surface area contributed by atoms with Crippen LogP contribution in [0.2, 0.25) is 5.02 Å². The Balaban J connectivity index is 2.79. The molecule has 0 atom stereocenters. The van der Waals surface area contributed by atoms with Crippen LogP contribution in [0.3, 0.4) is 0 Å². The Kier molecular flexibility index (Phi) is 5.16. The fraction of sp³-hybridized carbons (Fsp3) is 0.182. The molecule has 0 bridgehead atoms. The standard InChI is InChI=1S/C11H11ClN2O3/c1-2-17-11(16)10(7-15)14-13-9-5-3-4-8(12)6-9/h3-7,15H,2H2,1H3. The van der Waals surface area contributed by atoms with Crippen LogP contribution in [-0.4, -0.2) is 17.7 Å². The first kappa shape index (κ1) is 13.2. The molecule has 0 aromatic heterocycles. The predicted molar refractivity (Wildman–Crippen MR) is 63.3 cm³/mol. The van der Waals surface area contributed by atoms with Gasteiger partial charge in [0.25, 0.3) is 0 Å². The summed E-state index contributed by atoms with van der Waals surface area (Å²) >= 11 is 5.75. The lowest BCUT2D eigenvalue weighted by Crippen LogP contribution is -2.05. The Morgan fingerprint density at radius 3 is 2.94 bits per heavy atom. The Hall–Kier alpha value is -1.88. The molecule has 0 saturated heterocycles. The maximum absolute atomic E-state index is 11.2. The number of nitrogens with zero attached hydrogens (tertiary/aromatic N) is 2. The number of ether oxygens (including phenoxy) is 1. The number of aliphatic hydroxyl groups excluding tert-OH is 1. The van der Waals surface area contributed by atoms with Crippen LogP contribution in [0.4, 0.5) is 5.69 Å². The molecule has 0 spiro atoms. The number of hydrogen-bond acceptors (Lipinski definition) is 5. The van der Waals surface area contributed by atoms with E-state index in [0.717, 1.165) is 0 Å². The molecule has 0 radical (unpaired) electrons. The summed E-state index contributed by atoms with van der Waals surface area (Å²) in [4.78, 5) is 11.2. The second-order valence-corrected chi connectivity index (χ2v) is 3.35. The van der Waals surface area contributed by atoms with Crippen molar-refractivity contribution in [2.45, 2.75) is 6.92 Å². The molecule has 6 heteroatoms. The zero-order chi connectivity index (χ0) is 12.7. The van der Waals surface area contributed by atoms with Crippen molar-refractivity contribution in [1.29, 1.82) is 0 Å². The van der Waals surface area contributed by atoms with Gasteiger partial charge in [0, 0.05) is 5.02 Å². The van der Waals surface area contributed by atoms with Crippen LogP contribution in [0.1, 0.15) is 6.92 Å². The van der Waals surface area contributed by atoms with Crippen LogP contribution in [-0.2, 0) is 9.53 Å². The van der Waals surface area contributed by atoms with E-state index in [1.807, 2.05) is 0 Å². The van der Waals surface area contributed by atoms with Crippen LogP contribution in [0.25, 0.3) is 0 Å². The van der Waals surface area contributed by atoms with Gasteiger partial charge in [0.1, 0.15) is 6.26 Å². The van der Waals surface area contributed by atoms with E-state index in [9.17, 15) is 4.79 Å². The second kappa shape index (κ2) is 6.65. The van der Waals surface area contributed by atoms with E-state index >= 15 is 0 Å². The molecule has 0 amide bonds. The van der Waals surface area contributed by atoms with Crippen molar-refractivity contribution in [2.24, 2.45) is 10.2 Å². The maximum Gasteiger partial charge on any atom is 0.362 e. The summed E-state index contributed by atoms with van der Waals surface area (Å²) in [5.74, 6) is -0.735. The van der Waals surface area contributed by atoms with Crippen molar-refractivity contribution in [3.8, 4) is 0 Å². The number of hydrogen-bond donors (Lipinski definition) is 1. The van der Waals surface area contributed by atoms with Crippen LogP contribution in [0.15, 0.2) is 46.5 Å². The van der Waals surface area contributed by atoms with Crippen LogP contribution in [0, 0.1) is 0 Å². The molecular formula is C11H11ClN2O3. The minimum absolute atomic E-state index is 0.197. The van der Waals surface area contributed by atoms with Crippen molar-refractivity contribution in [3.05, 3.63) is 41.2 Å². The minimum Gasteiger partial charge on any atom is -0.513 e. The van der Waals surface area contributed by atoms with Gasteiger partial charge in [-0.3, -0.25) is 0 Å². The van der Waals surface area contributed by atoms with Gasteiger partial charge in [0.05, 0.1) is 12.3 Å². The first-order chi connectivity index (χ1) is 8.17. The van der Waals surface area contributed by atoms with Gasteiger partial charge in [0.15, 0.2) is 0 Å². The zero-order valence-electron chi connectivity index (χ0n) is 9.13. The molecule has 0 aliphatic heterocycles. The number of azo groups is 1. The lowest BCUT2D eigenvalue weighted by Gasteiger charge is -1.99. The molecule has 0 aliphatic rings. The molecule has 1 N–H and O–H groups in total. The molecule has 1 rings (SSSR count). The highest BCUT2D eigenvalue weighted by atomic mass is 35.5. The van der Waals surface area contributed by atoms with Crippen molar-refractivity contribution in [3.63, 3.8) is 0 Å². The van der Waals surface area contributed by atoms with Gasteiger partial charge in [-0.25, -0.2) is 4.79 Å². The Morgan fingerprint density at radius 1 is 1.59 bits per heavy atom. The van der Waals surface area contributed by atoms with Gasteiger partial charge in [-0.2, -0.15) is 5.11 Å². The second-order valence-electron chi connectivity index (χ2n) is 2.91. The van der Waals surface area contributed by atoms with Crippen molar-refractivity contribution in [2.75, 3.05) is 6.61 Å². The van der Waals surface area contributed by atoms with E-state index in [4.69, 9.17) is 16.7 Å². The van der Waals surface area contributed by atoms with Gasteiger partial charge in [0.2, 0.25) is 5.70 Å². The quantitative estimate of drug-likeness (QED) is 0.387. The number of benzene rings is 1. The maximum atomic E-state index is 11.2. The molecule has 0 fully saturated rings. The summed E-state index contributed by atoms with van der Waals surface area (Å²) in [6.07, 6.45) is 0.548. The van der Waals surface area contributed by atoms with Crippen molar-refractivity contribution < 1.29 is 14.6 Å². The third-order valence-corrected chi connectivity index (χ3v) is 1.92. The molecule has 17 heavy (non-hydrogen) atoms. The van der Waals surface area contributed by atoms with Crippen molar-refractivity contribution >= 4 is 23.3 Å². The van der Waals surface area contributed by atoms with Gasteiger partial charge in [-0.05, 0) is 25.1 Å². The van der Waals surface area contributed by atoms with Crippen LogP contribution in [0.5, 0.6) is 0 Å². The highest BCUT2D eigenvalue weighted by Gasteiger charge is 2.09. The first-order valence-electron chi connectivity index (χ1n) is 4.86. The van der Waals surface area contributed by atoms with Gasteiger partial charge in [-0.15, -0.1) is 5.11 Å². The number of carbonyl (C=O) groups excluding carboxylic acids is 1. The topological polar surface area (TPSA) is 71.2 Å². The monoisotopic (exact) mass is 254 g/mol. The third-order valence-electron chi connectivity index (χ3n) is 1.69. The average Bonchev–Trinajstić information content (AvgIpc) is 2.30. The highest BCUT2D eigenvalue weighted by molar-refractivity contribution is 6.30. The van der Waals surface area contributed by atoms with E-state index in [1.165, 1.54) is 0 Å². The summed E-state index contributed by atoms with van der Waals surface area (Å²) in [6, 6.07) is 6.62. The molecule has 1 aromatic carbocycles. The molecule has 0 saturated carbocycles. The Labute approximate surface area is 103 Å².